The molecule has 0 saturated carbocycles. The fourth-order valence-electron chi connectivity index (χ4n) is 1.10. The first-order chi connectivity index (χ1) is 5.77. The van der Waals surface area contributed by atoms with E-state index in [4.69, 9.17) is 4.74 Å². The summed E-state index contributed by atoms with van der Waals surface area (Å²) in [7, 11) is 0. The molecule has 0 aromatic carbocycles. The van der Waals surface area contributed by atoms with Gasteiger partial charge in [-0.3, -0.25) is 4.79 Å². The molecular weight excluding hydrogens is 164 g/mol. The van der Waals surface area contributed by atoms with Gasteiger partial charge in [0, 0.05) is 6.92 Å². The van der Waals surface area contributed by atoms with Crippen molar-refractivity contribution in [3.05, 3.63) is 0 Å². The highest BCUT2D eigenvalue weighted by Gasteiger charge is 1.92. The van der Waals surface area contributed by atoms with E-state index in [1.807, 2.05) is 0 Å². The summed E-state index contributed by atoms with van der Waals surface area (Å²) in [5.74, 6) is -0.163. The molecule has 0 fully saturated rings. The molecule has 0 bridgehead atoms. The quantitative estimate of drug-likeness (QED) is 0.451. The summed E-state index contributed by atoms with van der Waals surface area (Å²) in [6, 6.07) is 0. The van der Waals surface area contributed by atoms with Crippen LogP contribution in [0.4, 0.5) is 0 Å². The lowest BCUT2D eigenvalue weighted by Crippen LogP contribution is -1.99. The monoisotopic (exact) mass is 188 g/mol. The van der Waals surface area contributed by atoms with Crippen LogP contribution in [0.5, 0.6) is 0 Å². The number of hydrogen-bond acceptors (Lipinski definition) is 2. The Morgan fingerprint density at radius 2 is 1.62 bits per heavy atom. The van der Waals surface area contributed by atoms with E-state index < -0.39 is 0 Å². The fraction of sp³-hybridized carbons (Fsp3) is 0.909. The Labute approximate surface area is 82.7 Å². The molecule has 2 nitrogen and oxygen atoms in total. The zero-order valence-electron chi connectivity index (χ0n) is 8.27. The standard InChI is InChI=1S/C10H20O2.CH4/c1-3-4-5-6-7-8-9-12-10(2)11;/h3-9H2,1-2H3;1H4. The average molecular weight is 188 g/mol. The number of esters is 1. The Balaban J connectivity index is 0. The first-order valence-electron chi connectivity index (χ1n) is 4.90. The van der Waals surface area contributed by atoms with Crippen molar-refractivity contribution in [1.82, 2.24) is 0 Å². The summed E-state index contributed by atoms with van der Waals surface area (Å²) in [6.07, 6.45) is 7.40. The van der Waals surface area contributed by atoms with E-state index in [1.54, 1.807) is 0 Å². The normalized spacial score (nSPS) is 9.08. The second-order valence-electron chi connectivity index (χ2n) is 3.11. The highest BCUT2D eigenvalue weighted by atomic mass is 16.5. The van der Waals surface area contributed by atoms with Crippen LogP contribution >= 0.6 is 0 Å². The highest BCUT2D eigenvalue weighted by molar-refractivity contribution is 5.65. The molecule has 0 amide bonds. The first-order valence-corrected chi connectivity index (χ1v) is 4.90. The second kappa shape index (κ2) is 11.5. The summed E-state index contributed by atoms with van der Waals surface area (Å²) >= 11 is 0. The van der Waals surface area contributed by atoms with Crippen molar-refractivity contribution < 1.29 is 9.53 Å². The van der Waals surface area contributed by atoms with Gasteiger partial charge in [0.15, 0.2) is 0 Å². The van der Waals surface area contributed by atoms with Crippen LogP contribution in [0.25, 0.3) is 0 Å². The maximum absolute atomic E-state index is 10.4. The number of unbranched alkanes of at least 4 members (excludes halogenated alkanes) is 5. The molecule has 0 atom stereocenters. The minimum atomic E-state index is -0.163. The Kier molecular flexibility index (Phi) is 13.2. The number of ether oxygens (including phenoxy) is 1. The molecule has 80 valence electrons. The predicted molar refractivity (Wildman–Crippen MR) is 56.7 cm³/mol. The van der Waals surface area contributed by atoms with E-state index in [9.17, 15) is 4.79 Å². The number of rotatable bonds is 7. The van der Waals surface area contributed by atoms with E-state index in [2.05, 4.69) is 6.92 Å². The van der Waals surface area contributed by atoms with Gasteiger partial charge >= 0.3 is 5.97 Å². The van der Waals surface area contributed by atoms with Crippen LogP contribution in [-0.2, 0) is 9.53 Å². The summed E-state index contributed by atoms with van der Waals surface area (Å²) in [4.78, 5) is 10.4. The van der Waals surface area contributed by atoms with Gasteiger partial charge in [0.2, 0.25) is 0 Å². The van der Waals surface area contributed by atoms with Crippen molar-refractivity contribution in [1.29, 1.82) is 0 Å². The Morgan fingerprint density at radius 3 is 2.15 bits per heavy atom. The van der Waals surface area contributed by atoms with Gasteiger partial charge in [0.05, 0.1) is 6.61 Å². The van der Waals surface area contributed by atoms with Gasteiger partial charge in [-0.1, -0.05) is 46.5 Å². The third kappa shape index (κ3) is 14.3. The van der Waals surface area contributed by atoms with Crippen LogP contribution in [-0.4, -0.2) is 12.6 Å². The van der Waals surface area contributed by atoms with Crippen molar-refractivity contribution in [3.8, 4) is 0 Å². The molecule has 0 aliphatic heterocycles. The summed E-state index contributed by atoms with van der Waals surface area (Å²) in [6.45, 7) is 4.26. The maximum atomic E-state index is 10.4. The van der Waals surface area contributed by atoms with Crippen molar-refractivity contribution >= 4 is 5.97 Å². The summed E-state index contributed by atoms with van der Waals surface area (Å²) in [5.41, 5.74) is 0. The lowest BCUT2D eigenvalue weighted by Gasteiger charge is -2.01. The van der Waals surface area contributed by atoms with Gasteiger partial charge in [0.25, 0.3) is 0 Å². The second-order valence-corrected chi connectivity index (χ2v) is 3.11. The van der Waals surface area contributed by atoms with Crippen LogP contribution in [0.2, 0.25) is 0 Å². The van der Waals surface area contributed by atoms with Crippen LogP contribution in [0, 0.1) is 0 Å². The van der Waals surface area contributed by atoms with E-state index in [0.717, 1.165) is 6.42 Å². The molecule has 0 aromatic heterocycles. The molecule has 2 heteroatoms. The van der Waals surface area contributed by atoms with Gasteiger partial charge in [0.1, 0.15) is 0 Å². The largest absolute Gasteiger partial charge is 0.466 e. The number of carbonyl (C=O) groups is 1. The zero-order valence-corrected chi connectivity index (χ0v) is 8.27. The third-order valence-corrected chi connectivity index (χ3v) is 1.80. The molecule has 0 spiro atoms. The van der Waals surface area contributed by atoms with Gasteiger partial charge in [-0.25, -0.2) is 0 Å². The number of carbonyl (C=O) groups excluding carboxylic acids is 1. The van der Waals surface area contributed by atoms with Crippen LogP contribution in [0.15, 0.2) is 0 Å². The van der Waals surface area contributed by atoms with Crippen LogP contribution < -0.4 is 0 Å². The number of hydrogen-bond donors (Lipinski definition) is 0. The lowest BCUT2D eigenvalue weighted by molar-refractivity contribution is -0.141. The molecule has 0 aliphatic carbocycles. The molecule has 0 N–H and O–H groups in total. The molecule has 13 heavy (non-hydrogen) atoms. The van der Waals surface area contributed by atoms with Crippen molar-refractivity contribution in [2.24, 2.45) is 0 Å². The Bertz CT molecular complexity index is 111. The van der Waals surface area contributed by atoms with E-state index in [0.29, 0.717) is 6.61 Å². The van der Waals surface area contributed by atoms with Crippen LogP contribution in [0.3, 0.4) is 0 Å². The fourth-order valence-corrected chi connectivity index (χ4v) is 1.10. The molecule has 0 saturated heterocycles. The molecular formula is C11H24O2. The van der Waals surface area contributed by atoms with Crippen molar-refractivity contribution in [3.63, 3.8) is 0 Å². The molecule has 0 aromatic rings. The maximum Gasteiger partial charge on any atom is 0.302 e. The molecule has 0 rings (SSSR count). The van der Waals surface area contributed by atoms with Crippen LogP contribution in [0.1, 0.15) is 59.8 Å². The minimum absolute atomic E-state index is 0. The van der Waals surface area contributed by atoms with Gasteiger partial charge in [-0.05, 0) is 6.42 Å². The SMILES string of the molecule is C.CCCCCCCCOC(C)=O. The van der Waals surface area contributed by atoms with E-state index >= 15 is 0 Å². The lowest BCUT2D eigenvalue weighted by atomic mass is 10.1. The summed E-state index contributed by atoms with van der Waals surface area (Å²) < 4.78 is 4.81. The molecule has 0 radical (unpaired) electrons. The average Bonchev–Trinajstić information content (AvgIpc) is 2.02. The zero-order chi connectivity index (χ0) is 9.23. The molecule has 0 aliphatic rings. The van der Waals surface area contributed by atoms with Crippen molar-refractivity contribution in [2.45, 2.75) is 59.8 Å². The first kappa shape index (κ1) is 15.0. The van der Waals surface area contributed by atoms with Crippen molar-refractivity contribution in [2.75, 3.05) is 6.61 Å². The Morgan fingerprint density at radius 1 is 1.08 bits per heavy atom. The summed E-state index contributed by atoms with van der Waals surface area (Å²) in [5, 5.41) is 0. The van der Waals surface area contributed by atoms with E-state index in [-0.39, 0.29) is 13.4 Å². The minimum Gasteiger partial charge on any atom is -0.466 e. The highest BCUT2D eigenvalue weighted by Crippen LogP contribution is 2.04. The molecule has 0 unspecified atom stereocenters. The van der Waals surface area contributed by atoms with Gasteiger partial charge in [-0.2, -0.15) is 0 Å². The predicted octanol–water partition coefficient (Wildman–Crippen LogP) is 3.55. The Hall–Kier alpha value is -0.530. The topological polar surface area (TPSA) is 26.3 Å². The van der Waals surface area contributed by atoms with E-state index in [1.165, 1.54) is 39.0 Å². The van der Waals surface area contributed by atoms with Gasteiger partial charge in [-0.15, -0.1) is 0 Å². The third-order valence-electron chi connectivity index (χ3n) is 1.80. The molecule has 0 heterocycles. The smallest absolute Gasteiger partial charge is 0.302 e. The van der Waals surface area contributed by atoms with Gasteiger partial charge < -0.3 is 4.74 Å².